The van der Waals surface area contributed by atoms with Crippen molar-refractivity contribution >= 4 is 5.91 Å². The van der Waals surface area contributed by atoms with Crippen LogP contribution in [0.2, 0.25) is 0 Å². The summed E-state index contributed by atoms with van der Waals surface area (Å²) in [7, 11) is 1.95. The van der Waals surface area contributed by atoms with Crippen molar-refractivity contribution in [1.29, 1.82) is 0 Å². The Morgan fingerprint density at radius 2 is 2.08 bits per heavy atom. The van der Waals surface area contributed by atoms with E-state index in [4.69, 9.17) is 0 Å². The third-order valence-electron chi connectivity index (χ3n) is 4.49. The number of nitrogens with one attached hydrogen (secondary N) is 1. The molecule has 7 nitrogen and oxygen atoms in total. The second kappa shape index (κ2) is 5.92. The first-order valence-electron chi connectivity index (χ1n) is 7.99. The normalized spacial score (nSPS) is 16.6. The number of carbonyl (C=O) groups excluding carboxylic acids is 1. The van der Waals surface area contributed by atoms with Crippen LogP contribution in [-0.2, 0) is 13.5 Å². The van der Waals surface area contributed by atoms with Gasteiger partial charge >= 0.3 is 0 Å². The molecule has 1 aliphatic carbocycles. The molecule has 24 heavy (non-hydrogen) atoms. The van der Waals surface area contributed by atoms with Crippen molar-refractivity contribution in [3.05, 3.63) is 59.9 Å². The van der Waals surface area contributed by atoms with E-state index in [0.29, 0.717) is 5.56 Å². The Balaban J connectivity index is 1.51. The number of rotatable bonds is 3. The van der Waals surface area contributed by atoms with Crippen molar-refractivity contribution in [2.45, 2.75) is 25.3 Å². The standard InChI is InChI=1S/C17H18N6O/c1-22-16-4-2-3-15(14(16)9-19-22)21-17(24)12-5-7-13(8-6-12)23-11-18-10-20-23/h5-11,15H,2-4H2,1H3,(H,21,24). The van der Waals surface area contributed by atoms with Gasteiger partial charge in [0.2, 0.25) is 0 Å². The highest BCUT2D eigenvalue weighted by Gasteiger charge is 2.25. The zero-order valence-corrected chi connectivity index (χ0v) is 13.4. The fourth-order valence-corrected chi connectivity index (χ4v) is 3.20. The summed E-state index contributed by atoms with van der Waals surface area (Å²) in [6, 6.07) is 7.36. The molecule has 1 unspecified atom stereocenters. The summed E-state index contributed by atoms with van der Waals surface area (Å²) in [5.41, 5.74) is 3.86. The van der Waals surface area contributed by atoms with Crippen LogP contribution >= 0.6 is 0 Å². The van der Waals surface area contributed by atoms with Crippen LogP contribution in [0, 0.1) is 0 Å². The first kappa shape index (κ1) is 14.6. The van der Waals surface area contributed by atoms with Gasteiger partial charge in [-0.3, -0.25) is 9.48 Å². The van der Waals surface area contributed by atoms with E-state index in [1.54, 1.807) is 23.1 Å². The molecule has 1 amide bonds. The van der Waals surface area contributed by atoms with Gasteiger partial charge in [-0.15, -0.1) is 0 Å². The maximum absolute atomic E-state index is 12.6. The van der Waals surface area contributed by atoms with E-state index in [1.165, 1.54) is 12.0 Å². The third-order valence-corrected chi connectivity index (χ3v) is 4.49. The van der Waals surface area contributed by atoms with Crippen LogP contribution in [0.25, 0.3) is 5.69 Å². The molecule has 0 fully saturated rings. The maximum Gasteiger partial charge on any atom is 0.251 e. The lowest BCUT2D eigenvalue weighted by molar-refractivity contribution is 0.0932. The van der Waals surface area contributed by atoms with E-state index in [9.17, 15) is 4.79 Å². The molecule has 0 aliphatic heterocycles. The van der Waals surface area contributed by atoms with Gasteiger partial charge in [0.1, 0.15) is 12.7 Å². The molecular formula is C17H18N6O. The summed E-state index contributed by atoms with van der Waals surface area (Å²) >= 11 is 0. The number of fused-ring (bicyclic) bond motifs is 1. The molecule has 1 aromatic carbocycles. The SMILES string of the molecule is Cn1ncc2c1CCCC2NC(=O)c1ccc(-n2cncn2)cc1. The average Bonchev–Trinajstić information content (AvgIpc) is 3.26. The highest BCUT2D eigenvalue weighted by Crippen LogP contribution is 2.29. The molecule has 0 saturated carbocycles. The summed E-state index contributed by atoms with van der Waals surface area (Å²) in [5, 5.41) is 11.5. The van der Waals surface area contributed by atoms with Crippen molar-refractivity contribution in [3.63, 3.8) is 0 Å². The molecule has 0 bridgehead atoms. The molecule has 1 atom stereocenters. The topological polar surface area (TPSA) is 77.6 Å². The monoisotopic (exact) mass is 322 g/mol. The molecule has 0 radical (unpaired) electrons. The number of hydrogen-bond donors (Lipinski definition) is 1. The van der Waals surface area contributed by atoms with E-state index in [0.717, 1.165) is 30.5 Å². The molecule has 0 saturated heterocycles. The number of aryl methyl sites for hydroxylation is 1. The van der Waals surface area contributed by atoms with Crippen LogP contribution in [0.4, 0.5) is 0 Å². The zero-order chi connectivity index (χ0) is 16.5. The van der Waals surface area contributed by atoms with Crippen LogP contribution in [0.15, 0.2) is 43.1 Å². The van der Waals surface area contributed by atoms with Crippen LogP contribution in [-0.4, -0.2) is 30.5 Å². The predicted molar refractivity (Wildman–Crippen MR) is 87.7 cm³/mol. The van der Waals surface area contributed by atoms with E-state index in [-0.39, 0.29) is 11.9 Å². The summed E-state index contributed by atoms with van der Waals surface area (Å²) < 4.78 is 3.56. The van der Waals surface area contributed by atoms with Crippen LogP contribution in [0.3, 0.4) is 0 Å². The Morgan fingerprint density at radius 1 is 1.25 bits per heavy atom. The third kappa shape index (κ3) is 2.58. The lowest BCUT2D eigenvalue weighted by Gasteiger charge is -2.23. The number of carbonyl (C=O) groups is 1. The van der Waals surface area contributed by atoms with Gasteiger partial charge in [0.25, 0.3) is 5.91 Å². The molecule has 3 aromatic rings. The Morgan fingerprint density at radius 3 is 2.83 bits per heavy atom. The summed E-state index contributed by atoms with van der Waals surface area (Å²) in [6.07, 6.45) is 8.00. The second-order valence-corrected chi connectivity index (χ2v) is 5.98. The van der Waals surface area contributed by atoms with Crippen molar-refractivity contribution in [2.24, 2.45) is 7.05 Å². The molecule has 2 heterocycles. The number of aromatic nitrogens is 5. The van der Waals surface area contributed by atoms with Gasteiger partial charge in [0.15, 0.2) is 0 Å². The molecule has 122 valence electrons. The van der Waals surface area contributed by atoms with Gasteiger partial charge in [-0.1, -0.05) is 0 Å². The number of hydrogen-bond acceptors (Lipinski definition) is 4. The van der Waals surface area contributed by atoms with E-state index >= 15 is 0 Å². The minimum Gasteiger partial charge on any atom is -0.345 e. The van der Waals surface area contributed by atoms with Gasteiger partial charge in [-0.05, 0) is 43.5 Å². The summed E-state index contributed by atoms with van der Waals surface area (Å²) in [5.74, 6) is -0.0677. The number of benzene rings is 1. The minimum atomic E-state index is -0.0677. The smallest absolute Gasteiger partial charge is 0.251 e. The largest absolute Gasteiger partial charge is 0.345 e. The fraction of sp³-hybridized carbons (Fsp3) is 0.294. The second-order valence-electron chi connectivity index (χ2n) is 5.98. The highest BCUT2D eigenvalue weighted by atomic mass is 16.1. The van der Waals surface area contributed by atoms with Gasteiger partial charge in [0.05, 0.1) is 17.9 Å². The molecular weight excluding hydrogens is 304 g/mol. The lowest BCUT2D eigenvalue weighted by Crippen LogP contribution is -2.30. The van der Waals surface area contributed by atoms with Gasteiger partial charge in [0, 0.05) is 23.9 Å². The molecule has 1 N–H and O–H groups in total. The van der Waals surface area contributed by atoms with Crippen molar-refractivity contribution in [1.82, 2.24) is 29.9 Å². The van der Waals surface area contributed by atoms with Crippen LogP contribution in [0.5, 0.6) is 0 Å². The lowest BCUT2D eigenvalue weighted by atomic mass is 9.93. The molecule has 2 aromatic heterocycles. The van der Waals surface area contributed by atoms with Crippen LogP contribution < -0.4 is 5.32 Å². The van der Waals surface area contributed by atoms with Crippen molar-refractivity contribution < 1.29 is 4.79 Å². The summed E-state index contributed by atoms with van der Waals surface area (Å²) in [6.45, 7) is 0. The van der Waals surface area contributed by atoms with Gasteiger partial charge in [-0.25, -0.2) is 9.67 Å². The van der Waals surface area contributed by atoms with E-state index in [1.807, 2.05) is 30.1 Å². The van der Waals surface area contributed by atoms with E-state index < -0.39 is 0 Å². The van der Waals surface area contributed by atoms with E-state index in [2.05, 4.69) is 20.5 Å². The molecule has 7 heteroatoms. The molecule has 0 spiro atoms. The quantitative estimate of drug-likeness (QED) is 0.798. The minimum absolute atomic E-state index is 0.0324. The highest BCUT2D eigenvalue weighted by molar-refractivity contribution is 5.94. The molecule has 4 rings (SSSR count). The summed E-state index contributed by atoms with van der Waals surface area (Å²) in [4.78, 5) is 16.5. The Labute approximate surface area is 139 Å². The van der Waals surface area contributed by atoms with Crippen LogP contribution in [0.1, 0.15) is 40.5 Å². The number of amides is 1. The average molecular weight is 322 g/mol. The first-order chi connectivity index (χ1) is 11.7. The fourth-order valence-electron chi connectivity index (χ4n) is 3.20. The predicted octanol–water partition coefficient (Wildman–Crippen LogP) is 1.81. The number of nitrogens with zero attached hydrogens (tertiary/aromatic N) is 5. The van der Waals surface area contributed by atoms with Gasteiger partial charge < -0.3 is 5.32 Å². The Hall–Kier alpha value is -2.96. The molecule has 1 aliphatic rings. The zero-order valence-electron chi connectivity index (χ0n) is 13.4. The Kier molecular flexibility index (Phi) is 3.60. The Bertz CT molecular complexity index is 850. The van der Waals surface area contributed by atoms with Crippen molar-refractivity contribution in [3.8, 4) is 5.69 Å². The maximum atomic E-state index is 12.6. The first-order valence-corrected chi connectivity index (χ1v) is 7.99. The van der Waals surface area contributed by atoms with Gasteiger partial charge in [-0.2, -0.15) is 10.2 Å². The van der Waals surface area contributed by atoms with Crippen molar-refractivity contribution in [2.75, 3.05) is 0 Å².